The van der Waals surface area contributed by atoms with Gasteiger partial charge in [0.15, 0.2) is 0 Å². The summed E-state index contributed by atoms with van der Waals surface area (Å²) in [6.45, 7) is 16.5. The number of aromatic nitrogens is 6. The summed E-state index contributed by atoms with van der Waals surface area (Å²) in [6.07, 6.45) is 11.8. The Morgan fingerprint density at radius 2 is 0.818 bits per heavy atom. The lowest BCUT2D eigenvalue weighted by Crippen LogP contribution is -2.50. The average Bonchev–Trinajstić information content (AvgIpc) is 4.43. The van der Waals surface area contributed by atoms with Gasteiger partial charge in [-0.05, 0) is 120 Å². The minimum atomic E-state index is -3.26. The summed E-state index contributed by atoms with van der Waals surface area (Å²) >= 11 is 12.2. The Labute approximate surface area is 521 Å². The number of halogens is 2. The first-order valence-corrected chi connectivity index (χ1v) is 31.6. The zero-order valence-electron chi connectivity index (χ0n) is 50.2. The molecule has 12 rings (SSSR count). The summed E-state index contributed by atoms with van der Waals surface area (Å²) in [5, 5.41) is 1.35. The van der Waals surface area contributed by atoms with Gasteiger partial charge >= 0.3 is 0 Å². The van der Waals surface area contributed by atoms with Gasteiger partial charge in [-0.3, -0.25) is 32.4 Å². The largest absolute Gasteiger partial charge is 0.378 e. The van der Waals surface area contributed by atoms with Gasteiger partial charge < -0.3 is 41.5 Å². The third kappa shape index (κ3) is 13.3. The van der Waals surface area contributed by atoms with Gasteiger partial charge in [0.1, 0.15) is 34.0 Å². The second-order valence-electron chi connectivity index (χ2n) is 22.3. The number of carbonyl (C=O) groups is 4. The molecular formula is C64H72Cl2N14O7S. The smallest absolute Gasteiger partial charge is 0.272 e. The number of sulfonamides is 1. The summed E-state index contributed by atoms with van der Waals surface area (Å²) in [5.74, 6) is -0.243. The average molecular weight is 1250 g/mol. The molecule has 4 amide bonds. The van der Waals surface area contributed by atoms with Crippen molar-refractivity contribution in [1.82, 2.24) is 52.1 Å². The van der Waals surface area contributed by atoms with Crippen molar-refractivity contribution >= 4 is 73.8 Å². The van der Waals surface area contributed by atoms with E-state index in [1.807, 2.05) is 95.8 Å². The minimum absolute atomic E-state index is 0.0370. The molecule has 3 saturated heterocycles. The zero-order valence-corrected chi connectivity index (χ0v) is 52.5. The predicted octanol–water partition coefficient (Wildman–Crippen LogP) is 7.41. The lowest BCUT2D eigenvalue weighted by atomic mass is 9.96. The van der Waals surface area contributed by atoms with Crippen molar-refractivity contribution in [1.29, 1.82) is 0 Å². The second-order valence-corrected chi connectivity index (χ2v) is 25.1. The van der Waals surface area contributed by atoms with Crippen molar-refractivity contribution in [2.75, 3.05) is 84.9 Å². The Morgan fingerprint density at radius 1 is 0.477 bits per heavy atom. The SMILES string of the molecule is CC(=O)N1CCN(C(=O)c2cnc3cc(CN)c(-c4ccc(C)cc4C)cn23)CC1.Cc1cc(Cl)ccc1-c1cn2c(C(=O)N3CCN(S(C)(=O)=O)CC3)cnc2cc1CN.Cc1cc(Cl)ccc1-c1cn2c(C(=O)N3CCOCC3)cnc2cc1CN. The molecular weight excluding hydrogens is 1180 g/mol. The molecule has 0 bridgehead atoms. The van der Waals surface area contributed by atoms with Gasteiger partial charge in [0.2, 0.25) is 15.9 Å². The molecule has 0 atom stereocenters. The van der Waals surface area contributed by atoms with E-state index in [2.05, 4.69) is 47.0 Å². The summed E-state index contributed by atoms with van der Waals surface area (Å²) in [7, 11) is -3.26. The fourth-order valence-electron chi connectivity index (χ4n) is 11.6. The first-order chi connectivity index (χ1) is 42.1. The Morgan fingerprint density at radius 3 is 1.16 bits per heavy atom. The van der Waals surface area contributed by atoms with E-state index in [1.54, 1.807) is 49.5 Å². The number of aryl methyl sites for hydroxylation is 4. The highest BCUT2D eigenvalue weighted by atomic mass is 35.5. The maximum atomic E-state index is 13.2. The highest BCUT2D eigenvalue weighted by Crippen LogP contribution is 2.33. The van der Waals surface area contributed by atoms with E-state index in [4.69, 9.17) is 45.1 Å². The minimum Gasteiger partial charge on any atom is -0.378 e. The van der Waals surface area contributed by atoms with Crippen molar-refractivity contribution in [3.8, 4) is 33.4 Å². The normalized spacial score (nSPS) is 14.9. The topological polar surface area (TPSA) is 258 Å². The van der Waals surface area contributed by atoms with Gasteiger partial charge in [-0.25, -0.2) is 23.4 Å². The Balaban J connectivity index is 0.000000146. The third-order valence-electron chi connectivity index (χ3n) is 16.5. The molecule has 0 saturated carbocycles. The molecule has 3 aliphatic rings. The molecule has 9 heterocycles. The number of hydrogen-bond donors (Lipinski definition) is 3. The summed E-state index contributed by atoms with van der Waals surface area (Å²) in [5.41, 5.74) is 34.9. The van der Waals surface area contributed by atoms with Crippen LogP contribution < -0.4 is 17.2 Å². The number of piperazine rings is 2. The lowest BCUT2D eigenvalue weighted by molar-refractivity contribution is -0.130. The highest BCUT2D eigenvalue weighted by molar-refractivity contribution is 7.88. The van der Waals surface area contributed by atoms with Gasteiger partial charge in [0.25, 0.3) is 17.7 Å². The maximum Gasteiger partial charge on any atom is 0.272 e. The van der Waals surface area contributed by atoms with Gasteiger partial charge in [0.05, 0.1) is 38.1 Å². The molecule has 0 spiro atoms. The van der Waals surface area contributed by atoms with Crippen molar-refractivity contribution in [2.24, 2.45) is 17.2 Å². The van der Waals surface area contributed by atoms with E-state index in [1.165, 1.54) is 16.1 Å². The molecule has 0 radical (unpaired) electrons. The van der Waals surface area contributed by atoms with Crippen LogP contribution in [0.25, 0.3) is 50.3 Å². The van der Waals surface area contributed by atoms with Crippen LogP contribution in [0.15, 0.2) is 110 Å². The molecule has 88 heavy (non-hydrogen) atoms. The molecule has 21 nitrogen and oxygen atoms in total. The number of amides is 4. The molecule has 6 aromatic heterocycles. The fraction of sp³-hybridized carbons (Fsp3) is 0.328. The van der Waals surface area contributed by atoms with Crippen LogP contribution in [0.2, 0.25) is 10.0 Å². The van der Waals surface area contributed by atoms with Gasteiger partial charge in [-0.1, -0.05) is 59.1 Å². The highest BCUT2D eigenvalue weighted by Gasteiger charge is 2.30. The van der Waals surface area contributed by atoms with E-state index in [-0.39, 0.29) is 36.7 Å². The van der Waals surface area contributed by atoms with Crippen LogP contribution in [0, 0.1) is 27.7 Å². The second kappa shape index (κ2) is 26.7. The van der Waals surface area contributed by atoms with Crippen LogP contribution in [0.5, 0.6) is 0 Å². The molecule has 24 heteroatoms. The van der Waals surface area contributed by atoms with E-state index < -0.39 is 10.0 Å². The number of carbonyl (C=O) groups excluding carboxylic acids is 4. The number of morpholine rings is 1. The molecule has 6 N–H and O–H groups in total. The Hall–Kier alpha value is -8.06. The summed E-state index contributed by atoms with van der Waals surface area (Å²) in [6, 6.07) is 23.6. The first-order valence-electron chi connectivity index (χ1n) is 29.0. The number of rotatable bonds is 10. The van der Waals surface area contributed by atoms with Crippen molar-refractivity contribution < 1.29 is 32.3 Å². The number of benzene rings is 3. The van der Waals surface area contributed by atoms with Crippen molar-refractivity contribution in [3.63, 3.8) is 0 Å². The number of nitrogens with zero attached hydrogens (tertiary/aromatic N) is 11. The number of hydrogen-bond acceptors (Lipinski definition) is 13. The van der Waals surface area contributed by atoms with Crippen LogP contribution in [-0.2, 0) is 39.2 Å². The Bertz CT molecular complexity index is 4260. The molecule has 3 fully saturated rings. The van der Waals surface area contributed by atoms with Crippen molar-refractivity contribution in [3.05, 3.63) is 176 Å². The van der Waals surface area contributed by atoms with Crippen LogP contribution in [0.3, 0.4) is 0 Å². The third-order valence-corrected chi connectivity index (χ3v) is 18.2. The van der Waals surface area contributed by atoms with Gasteiger partial charge in [-0.15, -0.1) is 0 Å². The first kappa shape index (κ1) is 63.0. The van der Waals surface area contributed by atoms with Crippen LogP contribution >= 0.6 is 23.2 Å². The number of ether oxygens (including phenoxy) is 1. The summed E-state index contributed by atoms with van der Waals surface area (Å²) < 4.78 is 35.7. The van der Waals surface area contributed by atoms with E-state index >= 15 is 0 Å². The van der Waals surface area contributed by atoms with Gasteiger partial charge in [0, 0.05) is 137 Å². The Kier molecular flexibility index (Phi) is 19.1. The molecule has 3 aromatic carbocycles. The van der Waals surface area contributed by atoms with Crippen LogP contribution in [-0.4, -0.2) is 169 Å². The van der Waals surface area contributed by atoms with E-state index in [9.17, 15) is 27.6 Å². The predicted molar refractivity (Wildman–Crippen MR) is 342 cm³/mol. The molecule has 3 aliphatic heterocycles. The van der Waals surface area contributed by atoms with E-state index in [0.29, 0.717) is 129 Å². The number of pyridine rings is 3. The number of nitrogens with two attached hydrogens (primary N) is 3. The van der Waals surface area contributed by atoms with E-state index in [0.717, 1.165) is 66.8 Å². The molecule has 460 valence electrons. The number of imidazole rings is 3. The quantitative estimate of drug-likeness (QED) is 0.121. The monoisotopic (exact) mass is 1250 g/mol. The van der Waals surface area contributed by atoms with Crippen LogP contribution in [0.1, 0.15) is 77.3 Å². The summed E-state index contributed by atoms with van der Waals surface area (Å²) in [4.78, 5) is 71.2. The molecule has 0 unspecified atom stereocenters. The maximum absolute atomic E-state index is 13.2. The standard InChI is InChI=1S/C23H27N5O2.C21H24ClN5O3S.C20H21ClN4O2/c1-15-4-5-19(16(2)10-15)20-14-28-21(13-25-22(28)11-18(20)12-24)23(30)27-8-6-26(7-9-27)17(3)29;1-14-9-16(22)3-4-17(14)18-13-27-19(12-24-20(27)10-15(18)11-23)21(28)25-5-7-26(8-6-25)31(2,29)30;1-13-8-15(21)2-3-16(13)17-12-25-18(11-23-19(25)9-14(17)10-22)20(26)24-4-6-27-7-5-24/h4-5,10-11,13-14H,6-9,12,24H2,1-3H3;3-4,9-10,12-13H,5-8,11,23H2,1-2H3;2-3,8-9,11-12H,4-7,10,22H2,1H3. The van der Waals surface area contributed by atoms with Crippen LogP contribution in [0.4, 0.5) is 0 Å². The number of fused-ring (bicyclic) bond motifs is 3. The fourth-order valence-corrected chi connectivity index (χ4v) is 12.9. The van der Waals surface area contributed by atoms with Gasteiger partial charge in [-0.2, -0.15) is 4.31 Å². The molecule has 0 aliphatic carbocycles. The molecule has 9 aromatic rings. The lowest BCUT2D eigenvalue weighted by Gasteiger charge is -2.34. The van der Waals surface area contributed by atoms with Crippen molar-refractivity contribution in [2.45, 2.75) is 54.3 Å². The zero-order chi connectivity index (χ0) is 62.7.